The highest BCUT2D eigenvalue weighted by molar-refractivity contribution is 7.93. The van der Waals surface area contributed by atoms with Crippen LogP contribution in [0.5, 0.6) is 17.2 Å². The highest BCUT2D eigenvalue weighted by Gasteiger charge is 2.31. The van der Waals surface area contributed by atoms with E-state index in [9.17, 15) is 13.2 Å². The number of carbonyl (C=O) groups is 1. The fourth-order valence-corrected chi connectivity index (χ4v) is 5.35. The molecule has 3 rings (SSSR count). The van der Waals surface area contributed by atoms with E-state index in [2.05, 4.69) is 5.32 Å². The zero-order valence-corrected chi connectivity index (χ0v) is 21.3. The second kappa shape index (κ2) is 11.1. The second-order valence-electron chi connectivity index (χ2n) is 7.90. The van der Waals surface area contributed by atoms with Crippen LogP contribution in [0.2, 0.25) is 0 Å². The quantitative estimate of drug-likeness (QED) is 0.452. The molecule has 0 bridgehead atoms. The normalized spacial score (nSPS) is 11.9. The Labute approximate surface area is 206 Å². The Morgan fingerprint density at radius 1 is 0.914 bits per heavy atom. The van der Waals surface area contributed by atoms with Crippen LogP contribution in [0.3, 0.4) is 0 Å². The van der Waals surface area contributed by atoms with Crippen molar-refractivity contribution in [3.63, 3.8) is 0 Å². The van der Waals surface area contributed by atoms with Crippen LogP contribution in [0.15, 0.2) is 71.6 Å². The molecule has 0 saturated carbocycles. The number of aryl methyl sites for hydroxylation is 1. The summed E-state index contributed by atoms with van der Waals surface area (Å²) in [5.74, 6) is 0.907. The first-order valence-electron chi connectivity index (χ1n) is 10.9. The number of anilines is 1. The van der Waals surface area contributed by atoms with E-state index in [1.165, 1.54) is 20.3 Å². The van der Waals surface area contributed by atoms with Crippen molar-refractivity contribution in [2.45, 2.75) is 24.8 Å². The van der Waals surface area contributed by atoms with Crippen molar-refractivity contribution in [3.8, 4) is 17.2 Å². The van der Waals surface area contributed by atoms with E-state index in [1.54, 1.807) is 56.5 Å². The molecular formula is C26H30N2O6S. The first-order valence-corrected chi connectivity index (χ1v) is 12.4. The van der Waals surface area contributed by atoms with Gasteiger partial charge in [0.2, 0.25) is 5.91 Å². The number of rotatable bonds is 10. The van der Waals surface area contributed by atoms with Crippen molar-refractivity contribution in [3.05, 3.63) is 77.9 Å². The average Bonchev–Trinajstić information content (AvgIpc) is 2.87. The number of sulfonamides is 1. The molecule has 1 unspecified atom stereocenters. The molecule has 0 aliphatic rings. The van der Waals surface area contributed by atoms with Crippen molar-refractivity contribution in [2.75, 3.05) is 32.2 Å². The van der Waals surface area contributed by atoms with Gasteiger partial charge < -0.3 is 19.5 Å². The smallest absolute Gasteiger partial charge is 0.268 e. The number of hydrogen-bond acceptors (Lipinski definition) is 6. The molecule has 0 radical (unpaired) electrons. The summed E-state index contributed by atoms with van der Waals surface area (Å²) in [6.45, 7) is 3.16. The predicted octanol–water partition coefficient (Wildman–Crippen LogP) is 4.09. The van der Waals surface area contributed by atoms with E-state index in [1.807, 2.05) is 25.1 Å². The molecule has 3 aromatic carbocycles. The van der Waals surface area contributed by atoms with Gasteiger partial charge in [0.05, 0.1) is 33.1 Å². The summed E-state index contributed by atoms with van der Waals surface area (Å²) in [4.78, 5) is 13.1. The van der Waals surface area contributed by atoms with E-state index in [0.717, 1.165) is 15.4 Å². The van der Waals surface area contributed by atoms with Gasteiger partial charge in [-0.25, -0.2) is 8.42 Å². The lowest BCUT2D eigenvalue weighted by atomic mass is 10.1. The van der Waals surface area contributed by atoms with Crippen LogP contribution in [-0.4, -0.2) is 42.2 Å². The van der Waals surface area contributed by atoms with E-state index < -0.39 is 28.5 Å². The number of benzene rings is 3. The number of nitrogens with zero attached hydrogens (tertiary/aromatic N) is 1. The standard InChI is InChI=1S/C26H30N2O6S/c1-18-10-15-24(34-5)25(16-18)35(30,31)28(20-11-13-21(32-3)14-12-20)17-26(29)27-19(2)22-8-6-7-9-23(22)33-4/h6-16,19H,17H2,1-5H3,(H,27,29). The molecule has 0 aromatic heterocycles. The van der Waals surface area contributed by atoms with E-state index in [-0.39, 0.29) is 10.6 Å². The van der Waals surface area contributed by atoms with Crippen molar-refractivity contribution in [1.29, 1.82) is 0 Å². The fourth-order valence-electron chi connectivity index (χ4n) is 3.69. The first kappa shape index (κ1) is 25.9. The summed E-state index contributed by atoms with van der Waals surface area (Å²) >= 11 is 0. The lowest BCUT2D eigenvalue weighted by Gasteiger charge is -2.26. The molecule has 0 saturated heterocycles. The van der Waals surface area contributed by atoms with Gasteiger partial charge in [-0.3, -0.25) is 9.10 Å². The molecule has 1 atom stereocenters. The van der Waals surface area contributed by atoms with Crippen molar-refractivity contribution < 1.29 is 27.4 Å². The predicted molar refractivity (Wildman–Crippen MR) is 135 cm³/mol. The Morgan fingerprint density at radius 2 is 1.57 bits per heavy atom. The van der Waals surface area contributed by atoms with Crippen LogP contribution in [0, 0.1) is 6.92 Å². The lowest BCUT2D eigenvalue weighted by Crippen LogP contribution is -2.41. The molecule has 0 spiro atoms. The minimum absolute atomic E-state index is 0.0265. The van der Waals surface area contributed by atoms with E-state index in [0.29, 0.717) is 17.2 Å². The Morgan fingerprint density at radius 3 is 2.20 bits per heavy atom. The molecule has 1 amide bonds. The lowest BCUT2D eigenvalue weighted by molar-refractivity contribution is -0.120. The average molecular weight is 499 g/mol. The van der Waals surface area contributed by atoms with Gasteiger partial charge in [-0.05, 0) is 61.9 Å². The van der Waals surface area contributed by atoms with Gasteiger partial charge in [0, 0.05) is 5.56 Å². The van der Waals surface area contributed by atoms with Gasteiger partial charge in [-0.1, -0.05) is 24.3 Å². The summed E-state index contributed by atoms with van der Waals surface area (Å²) in [7, 11) is 0.318. The molecule has 186 valence electrons. The van der Waals surface area contributed by atoms with Crippen LogP contribution in [0.25, 0.3) is 0 Å². The van der Waals surface area contributed by atoms with Gasteiger partial charge in [-0.15, -0.1) is 0 Å². The number of hydrogen-bond donors (Lipinski definition) is 1. The number of amides is 1. The third-order valence-electron chi connectivity index (χ3n) is 5.52. The molecule has 3 aromatic rings. The number of ether oxygens (including phenoxy) is 3. The highest BCUT2D eigenvalue weighted by Crippen LogP contribution is 2.32. The largest absolute Gasteiger partial charge is 0.497 e. The van der Waals surface area contributed by atoms with Gasteiger partial charge in [0.25, 0.3) is 10.0 Å². The van der Waals surface area contributed by atoms with Crippen LogP contribution in [0.4, 0.5) is 5.69 Å². The zero-order valence-electron chi connectivity index (χ0n) is 20.4. The van der Waals surface area contributed by atoms with Crippen LogP contribution >= 0.6 is 0 Å². The molecule has 35 heavy (non-hydrogen) atoms. The molecule has 0 heterocycles. The highest BCUT2D eigenvalue weighted by atomic mass is 32.2. The zero-order chi connectivity index (χ0) is 25.6. The van der Waals surface area contributed by atoms with Gasteiger partial charge in [0.1, 0.15) is 28.7 Å². The van der Waals surface area contributed by atoms with Crippen LogP contribution in [-0.2, 0) is 14.8 Å². The summed E-state index contributed by atoms with van der Waals surface area (Å²) in [5.41, 5.74) is 1.84. The molecule has 0 aliphatic heterocycles. The van der Waals surface area contributed by atoms with E-state index in [4.69, 9.17) is 14.2 Å². The van der Waals surface area contributed by atoms with Crippen molar-refractivity contribution in [2.24, 2.45) is 0 Å². The van der Waals surface area contributed by atoms with Gasteiger partial charge in [0.15, 0.2) is 0 Å². The van der Waals surface area contributed by atoms with Crippen LogP contribution in [0.1, 0.15) is 24.1 Å². The third-order valence-corrected chi connectivity index (χ3v) is 7.31. The Kier molecular flexibility index (Phi) is 8.24. The summed E-state index contributed by atoms with van der Waals surface area (Å²) in [6, 6.07) is 18.3. The number of carbonyl (C=O) groups excluding carboxylic acids is 1. The summed E-state index contributed by atoms with van der Waals surface area (Å²) in [6.07, 6.45) is 0. The molecule has 9 heteroatoms. The minimum Gasteiger partial charge on any atom is -0.497 e. The third kappa shape index (κ3) is 5.86. The van der Waals surface area contributed by atoms with E-state index >= 15 is 0 Å². The topological polar surface area (TPSA) is 94.2 Å². The summed E-state index contributed by atoms with van der Waals surface area (Å²) < 4.78 is 44.6. The maximum absolute atomic E-state index is 13.8. The molecule has 0 fully saturated rings. The minimum atomic E-state index is -4.17. The van der Waals surface area contributed by atoms with Crippen molar-refractivity contribution in [1.82, 2.24) is 5.32 Å². The van der Waals surface area contributed by atoms with Crippen molar-refractivity contribution >= 4 is 21.6 Å². The number of nitrogens with one attached hydrogen (secondary N) is 1. The van der Waals surface area contributed by atoms with Gasteiger partial charge >= 0.3 is 0 Å². The summed E-state index contributed by atoms with van der Waals surface area (Å²) in [5, 5.41) is 2.88. The van der Waals surface area contributed by atoms with Gasteiger partial charge in [-0.2, -0.15) is 0 Å². The fraction of sp³-hybridized carbons (Fsp3) is 0.269. The molecular weight excluding hydrogens is 468 g/mol. The van der Waals surface area contributed by atoms with Crippen LogP contribution < -0.4 is 23.8 Å². The second-order valence-corrected chi connectivity index (χ2v) is 9.73. The Bertz CT molecular complexity index is 1280. The maximum Gasteiger partial charge on any atom is 0.268 e. The SMILES string of the molecule is COc1ccc(N(CC(=O)NC(C)c2ccccc2OC)S(=O)(=O)c2cc(C)ccc2OC)cc1. The molecule has 1 N–H and O–H groups in total. The number of methoxy groups -OCH3 is 3. The molecule has 8 nitrogen and oxygen atoms in total. The Hall–Kier alpha value is -3.72. The monoisotopic (exact) mass is 498 g/mol. The Balaban J connectivity index is 1.98. The number of para-hydroxylation sites is 1. The first-order chi connectivity index (χ1) is 16.7. The maximum atomic E-state index is 13.8. The molecule has 0 aliphatic carbocycles.